The van der Waals surface area contributed by atoms with Gasteiger partial charge < -0.3 is 5.32 Å². The van der Waals surface area contributed by atoms with Gasteiger partial charge in [0.15, 0.2) is 0 Å². The molecule has 0 radical (unpaired) electrons. The molecule has 116 valence electrons. The molecule has 0 fully saturated rings. The first-order valence-electron chi connectivity index (χ1n) is 8.08. The van der Waals surface area contributed by atoms with Crippen LogP contribution in [0.5, 0.6) is 0 Å². The maximum atomic E-state index is 12.0. The lowest BCUT2D eigenvalue weighted by Crippen LogP contribution is -2.29. The topological polar surface area (TPSA) is 46.9 Å². The molecule has 1 N–H and O–H groups in total. The van der Waals surface area contributed by atoms with Gasteiger partial charge in [0.1, 0.15) is 0 Å². The molecule has 0 saturated carbocycles. The predicted octanol–water partition coefficient (Wildman–Crippen LogP) is 2.43. The minimum Gasteiger partial charge on any atom is -0.354 e. The van der Waals surface area contributed by atoms with Crippen LogP contribution in [0, 0.1) is 6.92 Å². The predicted molar refractivity (Wildman–Crippen MR) is 86.8 cm³/mol. The molecule has 4 heteroatoms. The van der Waals surface area contributed by atoms with E-state index in [2.05, 4.69) is 21.2 Å². The minimum atomic E-state index is 0.0756. The van der Waals surface area contributed by atoms with Gasteiger partial charge in [0.25, 0.3) is 0 Å². The molecular formula is C18H23N3O. The van der Waals surface area contributed by atoms with E-state index in [9.17, 15) is 4.79 Å². The summed E-state index contributed by atoms with van der Waals surface area (Å²) in [7, 11) is 0. The Morgan fingerprint density at radius 1 is 1.32 bits per heavy atom. The van der Waals surface area contributed by atoms with Crippen molar-refractivity contribution in [3.63, 3.8) is 0 Å². The molecule has 1 amide bonds. The monoisotopic (exact) mass is 297 g/mol. The maximum absolute atomic E-state index is 12.0. The molecule has 3 rings (SSSR count). The largest absolute Gasteiger partial charge is 0.354 e. The molecule has 0 unspecified atom stereocenters. The van der Waals surface area contributed by atoms with E-state index in [4.69, 9.17) is 0 Å². The van der Waals surface area contributed by atoms with Crippen molar-refractivity contribution >= 4 is 5.91 Å². The zero-order valence-electron chi connectivity index (χ0n) is 13.1. The van der Waals surface area contributed by atoms with Gasteiger partial charge in [-0.15, -0.1) is 0 Å². The fourth-order valence-electron chi connectivity index (χ4n) is 3.12. The van der Waals surface area contributed by atoms with Gasteiger partial charge in [-0.2, -0.15) is 5.10 Å². The summed E-state index contributed by atoms with van der Waals surface area (Å²) in [4.78, 5) is 12.0. The fourth-order valence-corrected chi connectivity index (χ4v) is 3.12. The molecule has 0 bridgehead atoms. The van der Waals surface area contributed by atoms with Crippen molar-refractivity contribution in [2.45, 2.75) is 45.6 Å². The molecule has 2 aromatic rings. The fraction of sp³-hybridized carbons (Fsp3) is 0.444. The third-order valence-corrected chi connectivity index (χ3v) is 4.24. The van der Waals surface area contributed by atoms with Crippen LogP contribution in [-0.4, -0.2) is 22.2 Å². The number of fused-ring (bicyclic) bond motifs is 1. The molecule has 1 aromatic heterocycles. The number of carbonyl (C=O) groups excluding carboxylic acids is 1. The lowest BCUT2D eigenvalue weighted by atomic mass is 9.98. The zero-order chi connectivity index (χ0) is 15.4. The van der Waals surface area contributed by atoms with E-state index in [0.29, 0.717) is 13.0 Å². The Morgan fingerprint density at radius 3 is 3.05 bits per heavy atom. The maximum Gasteiger partial charge on any atom is 0.224 e. The van der Waals surface area contributed by atoms with E-state index in [1.165, 1.54) is 29.7 Å². The third kappa shape index (κ3) is 3.56. The summed E-state index contributed by atoms with van der Waals surface area (Å²) in [6.07, 6.45) is 7.22. The smallest absolute Gasteiger partial charge is 0.224 e. The molecule has 1 aliphatic carbocycles. The van der Waals surface area contributed by atoms with E-state index < -0.39 is 0 Å². The first-order chi connectivity index (χ1) is 10.7. The highest BCUT2D eigenvalue weighted by molar-refractivity contribution is 5.78. The summed E-state index contributed by atoms with van der Waals surface area (Å²) in [5.74, 6) is 0.0756. The van der Waals surface area contributed by atoms with E-state index in [1.807, 2.05) is 31.3 Å². The summed E-state index contributed by atoms with van der Waals surface area (Å²) < 4.78 is 2.06. The van der Waals surface area contributed by atoms with Gasteiger partial charge in [-0.25, -0.2) is 0 Å². The van der Waals surface area contributed by atoms with E-state index >= 15 is 0 Å². The van der Waals surface area contributed by atoms with Crippen LogP contribution in [0.25, 0.3) is 0 Å². The van der Waals surface area contributed by atoms with Crippen molar-refractivity contribution in [3.8, 4) is 0 Å². The van der Waals surface area contributed by atoms with Crippen molar-refractivity contribution in [1.29, 1.82) is 0 Å². The van der Waals surface area contributed by atoms with Crippen molar-refractivity contribution in [1.82, 2.24) is 15.1 Å². The van der Waals surface area contributed by atoms with Gasteiger partial charge in [-0.3, -0.25) is 9.48 Å². The van der Waals surface area contributed by atoms with E-state index in [0.717, 1.165) is 24.9 Å². The van der Waals surface area contributed by atoms with Crippen molar-refractivity contribution in [2.24, 2.45) is 0 Å². The number of rotatable bonds is 5. The van der Waals surface area contributed by atoms with Crippen molar-refractivity contribution < 1.29 is 4.79 Å². The highest BCUT2D eigenvalue weighted by Gasteiger charge is 2.14. The van der Waals surface area contributed by atoms with Crippen molar-refractivity contribution in [2.75, 3.05) is 6.54 Å². The molecule has 1 aliphatic rings. The number of hydrogen-bond acceptors (Lipinski definition) is 2. The number of nitrogens with zero attached hydrogens (tertiary/aromatic N) is 2. The van der Waals surface area contributed by atoms with Gasteiger partial charge in [-0.1, -0.05) is 29.8 Å². The van der Waals surface area contributed by atoms with Crippen LogP contribution < -0.4 is 5.32 Å². The highest BCUT2D eigenvalue weighted by Crippen LogP contribution is 2.20. The average molecular weight is 297 g/mol. The second-order valence-electron chi connectivity index (χ2n) is 6.06. The molecule has 1 aromatic carbocycles. The van der Waals surface area contributed by atoms with Crippen LogP contribution in [0.4, 0.5) is 0 Å². The first kappa shape index (κ1) is 14.8. The van der Waals surface area contributed by atoms with E-state index in [1.54, 1.807) is 0 Å². The van der Waals surface area contributed by atoms with Gasteiger partial charge in [0, 0.05) is 12.2 Å². The van der Waals surface area contributed by atoms with Crippen LogP contribution in [0.2, 0.25) is 0 Å². The Hall–Kier alpha value is -2.10. The van der Waals surface area contributed by atoms with Gasteiger partial charge in [0.2, 0.25) is 5.91 Å². The standard InChI is InChI=1S/C18H23N3O/c1-14-5-4-6-15(11-14)12-18(22)19-9-10-21-17-8-3-2-7-16(17)13-20-21/h4-6,11,13H,2-3,7-10,12H2,1H3,(H,19,22). The SMILES string of the molecule is Cc1cccc(CC(=O)NCCn2ncc3c2CCCC3)c1. The summed E-state index contributed by atoms with van der Waals surface area (Å²) in [6, 6.07) is 8.09. The van der Waals surface area contributed by atoms with Crippen LogP contribution in [0.3, 0.4) is 0 Å². The molecule has 0 atom stereocenters. The Morgan fingerprint density at radius 2 is 2.18 bits per heavy atom. The van der Waals surface area contributed by atoms with Crippen molar-refractivity contribution in [3.05, 3.63) is 52.8 Å². The number of nitrogens with one attached hydrogen (secondary N) is 1. The van der Waals surface area contributed by atoms with E-state index in [-0.39, 0.29) is 5.91 Å². The second-order valence-corrected chi connectivity index (χ2v) is 6.06. The summed E-state index contributed by atoms with van der Waals surface area (Å²) in [5.41, 5.74) is 5.00. The second kappa shape index (κ2) is 6.77. The number of aromatic nitrogens is 2. The molecule has 1 heterocycles. The number of benzene rings is 1. The van der Waals surface area contributed by atoms with Crippen LogP contribution in [0.1, 0.15) is 35.2 Å². The molecular weight excluding hydrogens is 274 g/mol. The Labute approximate surface area is 131 Å². The summed E-state index contributed by atoms with van der Waals surface area (Å²) in [5, 5.41) is 7.45. The molecule has 0 saturated heterocycles. The quantitative estimate of drug-likeness (QED) is 0.921. The van der Waals surface area contributed by atoms with Crippen LogP contribution >= 0.6 is 0 Å². The van der Waals surface area contributed by atoms with Crippen LogP contribution in [0.15, 0.2) is 30.5 Å². The highest BCUT2D eigenvalue weighted by atomic mass is 16.1. The normalized spacial score (nSPS) is 13.7. The molecule has 22 heavy (non-hydrogen) atoms. The molecule has 0 spiro atoms. The first-order valence-corrected chi connectivity index (χ1v) is 8.08. The molecule has 0 aliphatic heterocycles. The number of amides is 1. The lowest BCUT2D eigenvalue weighted by Gasteiger charge is -2.14. The number of aryl methyl sites for hydroxylation is 2. The summed E-state index contributed by atoms with van der Waals surface area (Å²) in [6.45, 7) is 3.44. The Bertz CT molecular complexity index is 660. The Balaban J connectivity index is 1.48. The Kier molecular flexibility index (Phi) is 4.56. The number of hydrogen-bond donors (Lipinski definition) is 1. The number of carbonyl (C=O) groups is 1. The summed E-state index contributed by atoms with van der Waals surface area (Å²) >= 11 is 0. The molecule has 4 nitrogen and oxygen atoms in total. The van der Waals surface area contributed by atoms with Crippen LogP contribution in [-0.2, 0) is 30.6 Å². The van der Waals surface area contributed by atoms with Gasteiger partial charge in [0.05, 0.1) is 19.2 Å². The lowest BCUT2D eigenvalue weighted by molar-refractivity contribution is -0.120. The average Bonchev–Trinajstić information content (AvgIpc) is 2.91. The van der Waals surface area contributed by atoms with Gasteiger partial charge >= 0.3 is 0 Å². The van der Waals surface area contributed by atoms with Gasteiger partial charge in [-0.05, 0) is 43.7 Å². The third-order valence-electron chi connectivity index (χ3n) is 4.24. The zero-order valence-corrected chi connectivity index (χ0v) is 13.1. The minimum absolute atomic E-state index is 0.0756.